The highest BCUT2D eigenvalue weighted by Gasteiger charge is 2.29. The molecule has 0 heterocycles. The Morgan fingerprint density at radius 1 is 0.971 bits per heavy atom. The first-order valence-electron chi connectivity index (χ1n) is 11.0. The van der Waals surface area contributed by atoms with Crippen molar-refractivity contribution in [2.24, 2.45) is 0 Å². The number of carboxylic acid groups (broad SMARTS) is 1. The summed E-state index contributed by atoms with van der Waals surface area (Å²) >= 11 is 0. The molecule has 1 atom stereocenters. The molecule has 0 spiro atoms. The maximum absolute atomic E-state index is 12.6. The van der Waals surface area contributed by atoms with Crippen molar-refractivity contribution in [2.45, 2.75) is 32.7 Å². The van der Waals surface area contributed by atoms with E-state index in [4.69, 9.17) is 4.74 Å². The third-order valence-electron chi connectivity index (χ3n) is 6.24. The van der Waals surface area contributed by atoms with Crippen LogP contribution in [-0.4, -0.2) is 35.7 Å². The largest absolute Gasteiger partial charge is 0.478 e. The molecule has 0 saturated carbocycles. The quantitative estimate of drug-likeness (QED) is 0.489. The lowest BCUT2D eigenvalue weighted by Gasteiger charge is -2.17. The molecule has 0 radical (unpaired) electrons. The van der Waals surface area contributed by atoms with Gasteiger partial charge in [-0.05, 0) is 66.3 Å². The lowest BCUT2D eigenvalue weighted by molar-refractivity contribution is -0.117. The second-order valence-corrected chi connectivity index (χ2v) is 8.45. The zero-order valence-corrected chi connectivity index (χ0v) is 19.2. The first-order chi connectivity index (χ1) is 16.3. The van der Waals surface area contributed by atoms with Crippen molar-refractivity contribution in [3.05, 3.63) is 88.5 Å². The Bertz CT molecular complexity index is 1240. The van der Waals surface area contributed by atoms with Crippen LogP contribution in [0.1, 0.15) is 45.5 Å². The highest BCUT2D eigenvalue weighted by Crippen LogP contribution is 2.44. The van der Waals surface area contributed by atoms with Crippen molar-refractivity contribution in [1.29, 1.82) is 0 Å². The third kappa shape index (κ3) is 4.50. The van der Waals surface area contributed by atoms with Crippen LogP contribution in [0.25, 0.3) is 11.1 Å². The topological polar surface area (TPSA) is 105 Å². The molecule has 1 aliphatic rings. The van der Waals surface area contributed by atoms with E-state index in [1.165, 1.54) is 13.0 Å². The fraction of sp³-hybridized carbons (Fsp3) is 0.222. The maximum atomic E-state index is 12.6. The van der Waals surface area contributed by atoms with E-state index >= 15 is 0 Å². The number of aryl methyl sites for hydroxylation is 1. The molecule has 3 aromatic carbocycles. The van der Waals surface area contributed by atoms with Crippen LogP contribution in [0.5, 0.6) is 0 Å². The van der Waals surface area contributed by atoms with Gasteiger partial charge in [0.1, 0.15) is 12.6 Å². The van der Waals surface area contributed by atoms with Gasteiger partial charge in [0.25, 0.3) is 0 Å². The van der Waals surface area contributed by atoms with E-state index in [1.54, 1.807) is 19.9 Å². The second-order valence-electron chi connectivity index (χ2n) is 8.45. The summed E-state index contributed by atoms with van der Waals surface area (Å²) in [4.78, 5) is 36.5. The summed E-state index contributed by atoms with van der Waals surface area (Å²) in [5.74, 6) is -1.62. The monoisotopic (exact) mass is 458 g/mol. The fourth-order valence-corrected chi connectivity index (χ4v) is 4.29. The lowest BCUT2D eigenvalue weighted by Crippen LogP contribution is -2.42. The minimum absolute atomic E-state index is 0.0766. The number of alkyl carbamates (subject to hydrolysis) is 1. The van der Waals surface area contributed by atoms with Gasteiger partial charge in [-0.15, -0.1) is 0 Å². The van der Waals surface area contributed by atoms with Crippen LogP contribution in [0.3, 0.4) is 0 Å². The standard InChI is InChI=1S/C27H26N2O5/c1-15-12-18(13-23(16(15)2)26(31)32)29-25(30)17(3)28-27(33)34-14-24-21-10-6-4-8-19(21)20-9-5-7-11-22(20)24/h4-13,17,24H,14H2,1-3H3,(H,28,33)(H,29,30)(H,31,32)/t17-/m0/s1. The van der Waals surface area contributed by atoms with Gasteiger partial charge in [0.15, 0.2) is 0 Å². The number of hydrogen-bond donors (Lipinski definition) is 3. The average Bonchev–Trinajstić information content (AvgIpc) is 3.13. The zero-order valence-electron chi connectivity index (χ0n) is 19.2. The van der Waals surface area contributed by atoms with E-state index in [0.29, 0.717) is 11.3 Å². The molecule has 2 amide bonds. The summed E-state index contributed by atoms with van der Waals surface area (Å²) in [5.41, 5.74) is 6.32. The molecule has 0 unspecified atom stereocenters. The van der Waals surface area contributed by atoms with Crippen molar-refractivity contribution >= 4 is 23.7 Å². The van der Waals surface area contributed by atoms with E-state index < -0.39 is 24.0 Å². The van der Waals surface area contributed by atoms with E-state index in [9.17, 15) is 19.5 Å². The van der Waals surface area contributed by atoms with Crippen molar-refractivity contribution in [1.82, 2.24) is 5.32 Å². The minimum Gasteiger partial charge on any atom is -0.478 e. The van der Waals surface area contributed by atoms with Gasteiger partial charge in [0, 0.05) is 11.6 Å². The van der Waals surface area contributed by atoms with Crippen LogP contribution >= 0.6 is 0 Å². The normalized spacial score (nSPS) is 12.9. The maximum Gasteiger partial charge on any atom is 0.407 e. The Kier molecular flexibility index (Phi) is 6.36. The molecule has 7 heteroatoms. The molecule has 0 saturated heterocycles. The van der Waals surface area contributed by atoms with E-state index in [2.05, 4.69) is 22.8 Å². The van der Waals surface area contributed by atoms with Crippen molar-refractivity contribution in [3.8, 4) is 11.1 Å². The van der Waals surface area contributed by atoms with Gasteiger partial charge >= 0.3 is 12.1 Å². The Hall–Kier alpha value is -4.13. The number of ether oxygens (including phenoxy) is 1. The predicted molar refractivity (Wildman–Crippen MR) is 129 cm³/mol. The third-order valence-corrected chi connectivity index (χ3v) is 6.24. The van der Waals surface area contributed by atoms with Crippen LogP contribution in [0.2, 0.25) is 0 Å². The molecule has 34 heavy (non-hydrogen) atoms. The minimum atomic E-state index is -1.07. The van der Waals surface area contributed by atoms with Crippen LogP contribution in [0.4, 0.5) is 10.5 Å². The van der Waals surface area contributed by atoms with E-state index in [0.717, 1.165) is 27.8 Å². The van der Waals surface area contributed by atoms with Crippen molar-refractivity contribution in [3.63, 3.8) is 0 Å². The number of anilines is 1. The molecule has 3 aromatic rings. The number of nitrogens with one attached hydrogen (secondary N) is 2. The Balaban J connectivity index is 1.38. The SMILES string of the molecule is Cc1cc(NC(=O)[C@H](C)NC(=O)OCC2c3ccccc3-c3ccccc32)cc(C(=O)O)c1C. The van der Waals surface area contributed by atoms with Gasteiger partial charge in [-0.1, -0.05) is 48.5 Å². The summed E-state index contributed by atoms with van der Waals surface area (Å²) in [7, 11) is 0. The number of carbonyl (C=O) groups is 3. The molecule has 174 valence electrons. The Labute approximate surface area is 197 Å². The van der Waals surface area contributed by atoms with Crippen LogP contribution in [0, 0.1) is 13.8 Å². The summed E-state index contributed by atoms with van der Waals surface area (Å²) in [5, 5.41) is 14.6. The van der Waals surface area contributed by atoms with Crippen molar-refractivity contribution < 1.29 is 24.2 Å². The van der Waals surface area contributed by atoms with Crippen molar-refractivity contribution in [2.75, 3.05) is 11.9 Å². The lowest BCUT2D eigenvalue weighted by atomic mass is 9.98. The van der Waals surface area contributed by atoms with Gasteiger partial charge < -0.3 is 20.5 Å². The molecule has 7 nitrogen and oxygen atoms in total. The van der Waals surface area contributed by atoms with E-state index in [1.807, 2.05) is 36.4 Å². The number of fused-ring (bicyclic) bond motifs is 3. The Morgan fingerprint density at radius 3 is 2.15 bits per heavy atom. The van der Waals surface area contributed by atoms with Crippen LogP contribution in [0.15, 0.2) is 60.7 Å². The molecule has 0 aliphatic heterocycles. The number of benzene rings is 3. The van der Waals surface area contributed by atoms with Gasteiger partial charge in [-0.25, -0.2) is 9.59 Å². The predicted octanol–water partition coefficient (Wildman–Crippen LogP) is 4.87. The van der Waals surface area contributed by atoms with Gasteiger partial charge in [0.2, 0.25) is 5.91 Å². The van der Waals surface area contributed by atoms with Gasteiger partial charge in [-0.2, -0.15) is 0 Å². The molecule has 3 N–H and O–H groups in total. The Morgan fingerprint density at radius 2 is 1.56 bits per heavy atom. The summed E-state index contributed by atoms with van der Waals surface area (Å²) in [6.07, 6.45) is -0.698. The number of rotatable bonds is 6. The number of carbonyl (C=O) groups excluding carboxylic acids is 2. The smallest absolute Gasteiger partial charge is 0.407 e. The molecule has 0 fully saturated rings. The average molecular weight is 459 g/mol. The molecule has 0 bridgehead atoms. The highest BCUT2D eigenvalue weighted by molar-refractivity contribution is 5.98. The first-order valence-corrected chi connectivity index (χ1v) is 11.0. The zero-order chi connectivity index (χ0) is 24.4. The van der Waals surface area contributed by atoms with Gasteiger partial charge in [-0.3, -0.25) is 4.79 Å². The highest BCUT2D eigenvalue weighted by atomic mass is 16.5. The number of amides is 2. The molecular formula is C27H26N2O5. The van der Waals surface area contributed by atoms with Crippen LogP contribution in [-0.2, 0) is 9.53 Å². The first kappa shape index (κ1) is 23.0. The van der Waals surface area contributed by atoms with Gasteiger partial charge in [0.05, 0.1) is 5.56 Å². The fourth-order valence-electron chi connectivity index (χ4n) is 4.29. The molecular weight excluding hydrogens is 432 g/mol. The molecule has 0 aromatic heterocycles. The number of hydrogen-bond acceptors (Lipinski definition) is 4. The van der Waals surface area contributed by atoms with Crippen LogP contribution < -0.4 is 10.6 Å². The summed E-state index contributed by atoms with van der Waals surface area (Å²) < 4.78 is 5.49. The molecule has 4 rings (SSSR count). The van der Waals surface area contributed by atoms with E-state index in [-0.39, 0.29) is 18.1 Å². The summed E-state index contributed by atoms with van der Waals surface area (Å²) in [6.45, 7) is 5.17. The molecule has 1 aliphatic carbocycles. The number of aromatic carboxylic acids is 1. The number of carboxylic acids is 1. The summed E-state index contributed by atoms with van der Waals surface area (Å²) in [6, 6.07) is 18.3. The second kappa shape index (κ2) is 9.39.